The fourth-order valence-electron chi connectivity index (χ4n) is 4.49. The number of aryl methyl sites for hydroxylation is 1. The minimum atomic E-state index is 0.293. The molecule has 2 aliphatic rings. The fourth-order valence-corrected chi connectivity index (χ4v) is 4.49. The fraction of sp³-hybridized carbons (Fsp3) is 0.500. The molecule has 4 rings (SSSR count). The van der Waals surface area contributed by atoms with Gasteiger partial charge in [-0.1, -0.05) is 49.6 Å². The minimum Gasteiger partial charge on any atom is -0.461 e. The van der Waals surface area contributed by atoms with Crippen molar-refractivity contribution in [3.8, 4) is 11.3 Å². The van der Waals surface area contributed by atoms with Crippen molar-refractivity contribution >= 4 is 5.91 Å². The molecule has 1 aromatic heterocycles. The van der Waals surface area contributed by atoms with E-state index in [2.05, 4.69) is 4.90 Å². The van der Waals surface area contributed by atoms with Gasteiger partial charge in [-0.25, -0.2) is 0 Å². The average Bonchev–Trinajstić information content (AvgIpc) is 3.15. The summed E-state index contributed by atoms with van der Waals surface area (Å²) in [5, 5.41) is 0. The molecule has 132 valence electrons. The third-order valence-corrected chi connectivity index (χ3v) is 5.95. The summed E-state index contributed by atoms with van der Waals surface area (Å²) in [4.78, 5) is 14.7. The highest BCUT2D eigenvalue weighted by atomic mass is 16.3. The van der Waals surface area contributed by atoms with E-state index in [1.54, 1.807) is 0 Å². The summed E-state index contributed by atoms with van der Waals surface area (Å²) in [6.07, 6.45) is 7.87. The molecule has 25 heavy (non-hydrogen) atoms. The standard InChI is InChI=1S/C22H27NO2/c24-22(23-15-14-17-6-4-5-9-19(17)16-23)13-11-20-10-12-21(25-20)18-7-2-1-3-8-18/h1-3,7-8,10,12,17,19H,4-6,9,11,13-16H2. The quantitative estimate of drug-likeness (QED) is 0.793. The second kappa shape index (κ2) is 7.47. The van der Waals surface area contributed by atoms with Crippen molar-refractivity contribution < 1.29 is 9.21 Å². The Morgan fingerprint density at radius 3 is 2.64 bits per heavy atom. The van der Waals surface area contributed by atoms with Crippen molar-refractivity contribution in [3.05, 3.63) is 48.2 Å². The van der Waals surface area contributed by atoms with E-state index >= 15 is 0 Å². The number of carbonyl (C=O) groups excluding carboxylic acids is 1. The first kappa shape index (κ1) is 16.4. The second-order valence-electron chi connectivity index (χ2n) is 7.57. The smallest absolute Gasteiger partial charge is 0.223 e. The van der Waals surface area contributed by atoms with Gasteiger partial charge in [-0.2, -0.15) is 0 Å². The third kappa shape index (κ3) is 3.81. The van der Waals surface area contributed by atoms with Crippen LogP contribution in [0.2, 0.25) is 0 Å². The molecule has 0 spiro atoms. The Morgan fingerprint density at radius 2 is 1.80 bits per heavy atom. The molecule has 2 fully saturated rings. The Morgan fingerprint density at radius 1 is 1.00 bits per heavy atom. The van der Waals surface area contributed by atoms with E-state index in [1.165, 1.54) is 32.1 Å². The highest BCUT2D eigenvalue weighted by Crippen LogP contribution is 2.36. The van der Waals surface area contributed by atoms with Crippen LogP contribution in [0.3, 0.4) is 0 Å². The van der Waals surface area contributed by atoms with Crippen LogP contribution in [0.5, 0.6) is 0 Å². The Bertz CT molecular complexity index is 706. The van der Waals surface area contributed by atoms with E-state index in [0.717, 1.165) is 42.0 Å². The van der Waals surface area contributed by atoms with Gasteiger partial charge in [0, 0.05) is 31.5 Å². The number of furan rings is 1. The van der Waals surface area contributed by atoms with Gasteiger partial charge < -0.3 is 9.32 Å². The number of carbonyl (C=O) groups is 1. The summed E-state index contributed by atoms with van der Waals surface area (Å²) in [7, 11) is 0. The Balaban J connectivity index is 1.31. The van der Waals surface area contributed by atoms with Crippen LogP contribution in [0.15, 0.2) is 46.9 Å². The predicted octanol–water partition coefficient (Wildman–Crippen LogP) is 4.92. The molecule has 2 unspecified atom stereocenters. The molecule has 1 aliphatic carbocycles. The lowest BCUT2D eigenvalue weighted by atomic mass is 9.75. The van der Waals surface area contributed by atoms with Crippen molar-refractivity contribution in [2.45, 2.75) is 44.9 Å². The molecule has 2 atom stereocenters. The molecule has 1 saturated heterocycles. The number of fused-ring (bicyclic) bond motifs is 1. The van der Waals surface area contributed by atoms with Crippen LogP contribution in [0.1, 0.15) is 44.3 Å². The third-order valence-electron chi connectivity index (χ3n) is 5.95. The number of likely N-dealkylation sites (tertiary alicyclic amines) is 1. The summed E-state index contributed by atoms with van der Waals surface area (Å²) in [6.45, 7) is 1.93. The van der Waals surface area contributed by atoms with E-state index in [1.807, 2.05) is 42.5 Å². The van der Waals surface area contributed by atoms with Gasteiger partial charge in [-0.3, -0.25) is 4.79 Å². The maximum Gasteiger partial charge on any atom is 0.223 e. The van der Waals surface area contributed by atoms with Gasteiger partial charge in [0.25, 0.3) is 0 Å². The van der Waals surface area contributed by atoms with Crippen molar-refractivity contribution in [3.63, 3.8) is 0 Å². The number of amides is 1. The lowest BCUT2D eigenvalue weighted by Crippen LogP contribution is -2.44. The topological polar surface area (TPSA) is 33.5 Å². The van der Waals surface area contributed by atoms with Crippen LogP contribution < -0.4 is 0 Å². The second-order valence-corrected chi connectivity index (χ2v) is 7.57. The number of rotatable bonds is 4. The molecule has 1 aromatic carbocycles. The van der Waals surface area contributed by atoms with Crippen LogP contribution in [0.4, 0.5) is 0 Å². The molecule has 2 heterocycles. The van der Waals surface area contributed by atoms with Gasteiger partial charge in [0.1, 0.15) is 11.5 Å². The average molecular weight is 337 g/mol. The SMILES string of the molecule is O=C(CCc1ccc(-c2ccccc2)o1)N1CCC2CCCCC2C1. The predicted molar refractivity (Wildman–Crippen MR) is 99.1 cm³/mol. The Kier molecular flexibility index (Phi) is 4.91. The summed E-state index contributed by atoms with van der Waals surface area (Å²) >= 11 is 0. The van der Waals surface area contributed by atoms with Gasteiger partial charge in [-0.05, 0) is 36.8 Å². The lowest BCUT2D eigenvalue weighted by molar-refractivity contribution is -0.134. The van der Waals surface area contributed by atoms with Crippen LogP contribution >= 0.6 is 0 Å². The minimum absolute atomic E-state index is 0.293. The number of piperidine rings is 1. The zero-order valence-electron chi connectivity index (χ0n) is 14.8. The van der Waals surface area contributed by atoms with Crippen molar-refractivity contribution in [2.75, 3.05) is 13.1 Å². The van der Waals surface area contributed by atoms with E-state index in [0.29, 0.717) is 18.7 Å². The first-order valence-electron chi connectivity index (χ1n) is 9.71. The molecule has 0 N–H and O–H groups in total. The molecule has 0 radical (unpaired) electrons. The van der Waals surface area contributed by atoms with Gasteiger partial charge in [0.2, 0.25) is 5.91 Å². The number of nitrogens with zero attached hydrogens (tertiary/aromatic N) is 1. The maximum absolute atomic E-state index is 12.6. The first-order chi connectivity index (χ1) is 12.3. The molecule has 3 nitrogen and oxygen atoms in total. The summed E-state index contributed by atoms with van der Waals surface area (Å²) in [6, 6.07) is 14.1. The highest BCUT2D eigenvalue weighted by Gasteiger charge is 2.32. The van der Waals surface area contributed by atoms with E-state index in [4.69, 9.17) is 4.42 Å². The van der Waals surface area contributed by atoms with Gasteiger partial charge in [-0.15, -0.1) is 0 Å². The van der Waals surface area contributed by atoms with E-state index < -0.39 is 0 Å². The number of benzene rings is 1. The zero-order chi connectivity index (χ0) is 17.1. The Hall–Kier alpha value is -2.03. The summed E-state index contributed by atoms with van der Waals surface area (Å²) < 4.78 is 5.92. The van der Waals surface area contributed by atoms with E-state index in [-0.39, 0.29) is 0 Å². The first-order valence-corrected chi connectivity index (χ1v) is 9.71. The Labute approximate surface area is 150 Å². The summed E-state index contributed by atoms with van der Waals surface area (Å²) in [5.41, 5.74) is 1.08. The van der Waals surface area contributed by atoms with Crippen molar-refractivity contribution in [1.82, 2.24) is 4.90 Å². The van der Waals surface area contributed by atoms with Crippen molar-refractivity contribution in [2.24, 2.45) is 11.8 Å². The molecule has 3 heteroatoms. The molecular formula is C22H27NO2. The molecule has 1 amide bonds. The van der Waals surface area contributed by atoms with Crippen LogP contribution in [0, 0.1) is 11.8 Å². The van der Waals surface area contributed by atoms with Crippen LogP contribution in [0.25, 0.3) is 11.3 Å². The van der Waals surface area contributed by atoms with Gasteiger partial charge >= 0.3 is 0 Å². The van der Waals surface area contributed by atoms with E-state index in [9.17, 15) is 4.79 Å². The maximum atomic E-state index is 12.6. The molecular weight excluding hydrogens is 310 g/mol. The zero-order valence-corrected chi connectivity index (χ0v) is 14.8. The lowest BCUT2D eigenvalue weighted by Gasteiger charge is -2.41. The largest absolute Gasteiger partial charge is 0.461 e. The van der Waals surface area contributed by atoms with Crippen LogP contribution in [-0.2, 0) is 11.2 Å². The molecule has 0 bridgehead atoms. The monoisotopic (exact) mass is 337 g/mol. The normalized spacial score (nSPS) is 23.3. The summed E-state index contributed by atoms with van der Waals surface area (Å²) in [5.74, 6) is 3.70. The van der Waals surface area contributed by atoms with Gasteiger partial charge in [0.15, 0.2) is 0 Å². The number of hydrogen-bond acceptors (Lipinski definition) is 2. The number of hydrogen-bond donors (Lipinski definition) is 0. The molecule has 2 aromatic rings. The van der Waals surface area contributed by atoms with Gasteiger partial charge in [0.05, 0.1) is 0 Å². The van der Waals surface area contributed by atoms with Crippen molar-refractivity contribution in [1.29, 1.82) is 0 Å². The molecule has 1 aliphatic heterocycles. The van der Waals surface area contributed by atoms with Crippen LogP contribution in [-0.4, -0.2) is 23.9 Å². The highest BCUT2D eigenvalue weighted by molar-refractivity contribution is 5.76. The molecule has 1 saturated carbocycles.